The fourth-order valence-corrected chi connectivity index (χ4v) is 3.45. The van der Waals surface area contributed by atoms with Gasteiger partial charge < -0.3 is 14.6 Å². The Morgan fingerprint density at radius 3 is 2.81 bits per heavy atom. The first-order valence-electron chi connectivity index (χ1n) is 8.02. The zero-order chi connectivity index (χ0) is 14.7. The number of hydrogen-bond donors (Lipinski definition) is 1. The average molecular weight is 287 g/mol. The summed E-state index contributed by atoms with van der Waals surface area (Å²) in [7, 11) is 2.07. The van der Waals surface area contributed by atoms with Crippen molar-refractivity contribution < 1.29 is 4.74 Å². The number of rotatable bonds is 5. The molecule has 114 valence electrons. The van der Waals surface area contributed by atoms with Gasteiger partial charge in [-0.25, -0.2) is 4.98 Å². The van der Waals surface area contributed by atoms with Gasteiger partial charge in [0, 0.05) is 32.2 Å². The molecule has 4 nitrogen and oxygen atoms in total. The van der Waals surface area contributed by atoms with Gasteiger partial charge in [-0.3, -0.25) is 0 Å². The summed E-state index contributed by atoms with van der Waals surface area (Å²) in [6.45, 7) is 4.96. The molecule has 0 aliphatic carbocycles. The minimum Gasteiger partial charge on any atom is -0.381 e. The number of nitrogens with zero attached hydrogens (tertiary/aromatic N) is 2. The molecule has 0 saturated carbocycles. The Morgan fingerprint density at radius 1 is 1.33 bits per heavy atom. The van der Waals surface area contributed by atoms with E-state index >= 15 is 0 Å². The fraction of sp³-hybridized carbons (Fsp3) is 0.588. The highest BCUT2D eigenvalue weighted by Gasteiger charge is 2.24. The maximum absolute atomic E-state index is 5.49. The molecule has 1 unspecified atom stereocenters. The van der Waals surface area contributed by atoms with E-state index in [0.717, 1.165) is 44.5 Å². The molecule has 1 saturated heterocycles. The minimum absolute atomic E-state index is 0.482. The van der Waals surface area contributed by atoms with Crippen molar-refractivity contribution in [1.82, 2.24) is 14.9 Å². The molecule has 0 radical (unpaired) electrons. The number of aromatic nitrogens is 2. The molecule has 1 aromatic heterocycles. The fourth-order valence-electron chi connectivity index (χ4n) is 3.45. The number of fused-ring (bicyclic) bond motifs is 1. The first kappa shape index (κ1) is 14.5. The van der Waals surface area contributed by atoms with Crippen molar-refractivity contribution in [2.24, 2.45) is 5.92 Å². The quantitative estimate of drug-likeness (QED) is 0.919. The minimum atomic E-state index is 0.482. The predicted molar refractivity (Wildman–Crippen MR) is 85.5 cm³/mol. The molecule has 0 amide bonds. The van der Waals surface area contributed by atoms with Crippen LogP contribution >= 0.6 is 0 Å². The molecule has 2 heterocycles. The second-order valence-corrected chi connectivity index (χ2v) is 5.81. The molecule has 2 aromatic rings. The monoisotopic (exact) mass is 287 g/mol. The standard InChI is InChI=1S/C17H25N3O/c1-3-20-16-7-5-4-6-14(16)19-17(20)12-15(18-2)13-8-10-21-11-9-13/h4-7,13,15,18H,3,8-12H2,1-2H3. The topological polar surface area (TPSA) is 39.1 Å². The van der Waals surface area contributed by atoms with Crippen molar-refractivity contribution in [2.75, 3.05) is 20.3 Å². The molecule has 0 bridgehead atoms. The van der Waals surface area contributed by atoms with Crippen LogP contribution in [0.15, 0.2) is 24.3 Å². The number of aryl methyl sites for hydroxylation is 1. The highest BCUT2D eigenvalue weighted by molar-refractivity contribution is 5.75. The summed E-state index contributed by atoms with van der Waals surface area (Å²) in [6, 6.07) is 8.91. The third kappa shape index (κ3) is 2.97. The van der Waals surface area contributed by atoms with Crippen LogP contribution in [0.3, 0.4) is 0 Å². The van der Waals surface area contributed by atoms with Crippen LogP contribution in [0.2, 0.25) is 0 Å². The number of ether oxygens (including phenoxy) is 1. The van der Waals surface area contributed by atoms with Crippen LogP contribution in [0, 0.1) is 5.92 Å². The maximum Gasteiger partial charge on any atom is 0.111 e. The van der Waals surface area contributed by atoms with Crippen LogP contribution in [-0.2, 0) is 17.7 Å². The summed E-state index contributed by atoms with van der Waals surface area (Å²) < 4.78 is 7.84. The number of nitrogens with one attached hydrogen (secondary N) is 1. The number of imidazole rings is 1. The van der Waals surface area contributed by atoms with Gasteiger partial charge in [0.1, 0.15) is 5.82 Å². The first-order chi connectivity index (χ1) is 10.3. The molecule has 3 rings (SSSR count). The van der Waals surface area contributed by atoms with Crippen LogP contribution in [0.1, 0.15) is 25.6 Å². The number of hydrogen-bond acceptors (Lipinski definition) is 3. The van der Waals surface area contributed by atoms with Crippen LogP contribution in [0.4, 0.5) is 0 Å². The summed E-state index contributed by atoms with van der Waals surface area (Å²) >= 11 is 0. The first-order valence-corrected chi connectivity index (χ1v) is 8.02. The Labute approximate surface area is 126 Å². The molecule has 1 atom stereocenters. The van der Waals surface area contributed by atoms with E-state index in [4.69, 9.17) is 9.72 Å². The van der Waals surface area contributed by atoms with Gasteiger partial charge in [0.2, 0.25) is 0 Å². The summed E-state index contributed by atoms with van der Waals surface area (Å²) in [6.07, 6.45) is 3.29. The molecule has 1 fully saturated rings. The number of benzene rings is 1. The van der Waals surface area contributed by atoms with Crippen LogP contribution in [0.5, 0.6) is 0 Å². The molecule has 1 N–H and O–H groups in total. The van der Waals surface area contributed by atoms with E-state index in [9.17, 15) is 0 Å². The summed E-state index contributed by atoms with van der Waals surface area (Å²) in [5, 5.41) is 3.51. The van der Waals surface area contributed by atoms with Crippen LogP contribution in [0.25, 0.3) is 11.0 Å². The lowest BCUT2D eigenvalue weighted by Crippen LogP contribution is -2.39. The molecule has 1 aliphatic rings. The van der Waals surface area contributed by atoms with E-state index < -0.39 is 0 Å². The van der Waals surface area contributed by atoms with Gasteiger partial charge in [-0.15, -0.1) is 0 Å². The SMILES string of the molecule is CCn1c(CC(NC)C2CCOCC2)nc2ccccc21. The second kappa shape index (κ2) is 6.58. The van der Waals surface area contributed by atoms with E-state index in [2.05, 4.69) is 48.1 Å². The molecule has 21 heavy (non-hydrogen) atoms. The normalized spacial score (nSPS) is 18.2. The third-order valence-electron chi connectivity index (χ3n) is 4.66. The predicted octanol–water partition coefficient (Wildman–Crippen LogP) is 2.61. The summed E-state index contributed by atoms with van der Waals surface area (Å²) in [4.78, 5) is 4.86. The zero-order valence-electron chi connectivity index (χ0n) is 13.0. The van der Waals surface area contributed by atoms with Crippen molar-refractivity contribution in [1.29, 1.82) is 0 Å². The van der Waals surface area contributed by atoms with E-state index in [-0.39, 0.29) is 0 Å². The Kier molecular flexibility index (Phi) is 4.56. The van der Waals surface area contributed by atoms with Gasteiger partial charge in [-0.05, 0) is 44.9 Å². The van der Waals surface area contributed by atoms with Gasteiger partial charge in [0.25, 0.3) is 0 Å². The van der Waals surface area contributed by atoms with E-state index in [1.165, 1.54) is 11.3 Å². The van der Waals surface area contributed by atoms with Gasteiger partial charge in [-0.1, -0.05) is 12.1 Å². The van der Waals surface area contributed by atoms with Crippen molar-refractivity contribution in [3.63, 3.8) is 0 Å². The Balaban J connectivity index is 1.85. The van der Waals surface area contributed by atoms with E-state index in [1.54, 1.807) is 0 Å². The molecular formula is C17H25N3O. The van der Waals surface area contributed by atoms with Gasteiger partial charge >= 0.3 is 0 Å². The van der Waals surface area contributed by atoms with Crippen molar-refractivity contribution in [3.8, 4) is 0 Å². The van der Waals surface area contributed by atoms with Gasteiger partial charge in [0.15, 0.2) is 0 Å². The molecule has 1 aliphatic heterocycles. The smallest absolute Gasteiger partial charge is 0.111 e. The summed E-state index contributed by atoms with van der Waals surface area (Å²) in [5.41, 5.74) is 2.35. The number of likely N-dealkylation sites (N-methyl/N-ethyl adjacent to an activating group) is 1. The molecule has 1 aromatic carbocycles. The average Bonchev–Trinajstić information content (AvgIpc) is 2.90. The van der Waals surface area contributed by atoms with Crippen molar-refractivity contribution >= 4 is 11.0 Å². The lowest BCUT2D eigenvalue weighted by Gasteiger charge is -2.30. The van der Waals surface area contributed by atoms with Gasteiger partial charge in [0.05, 0.1) is 11.0 Å². The lowest BCUT2D eigenvalue weighted by molar-refractivity contribution is 0.0544. The van der Waals surface area contributed by atoms with Crippen molar-refractivity contribution in [2.45, 2.75) is 38.8 Å². The molecular weight excluding hydrogens is 262 g/mol. The Morgan fingerprint density at radius 2 is 2.10 bits per heavy atom. The number of para-hydroxylation sites is 2. The lowest BCUT2D eigenvalue weighted by atomic mass is 9.89. The second-order valence-electron chi connectivity index (χ2n) is 5.81. The molecule has 4 heteroatoms. The zero-order valence-corrected chi connectivity index (χ0v) is 13.0. The van der Waals surface area contributed by atoms with Crippen molar-refractivity contribution in [3.05, 3.63) is 30.1 Å². The van der Waals surface area contributed by atoms with Crippen LogP contribution < -0.4 is 5.32 Å². The van der Waals surface area contributed by atoms with E-state index in [0.29, 0.717) is 12.0 Å². The Hall–Kier alpha value is -1.39. The highest BCUT2D eigenvalue weighted by atomic mass is 16.5. The summed E-state index contributed by atoms with van der Waals surface area (Å²) in [5.74, 6) is 1.89. The van der Waals surface area contributed by atoms with Crippen LogP contribution in [-0.4, -0.2) is 35.9 Å². The highest BCUT2D eigenvalue weighted by Crippen LogP contribution is 2.23. The third-order valence-corrected chi connectivity index (χ3v) is 4.66. The largest absolute Gasteiger partial charge is 0.381 e. The van der Waals surface area contributed by atoms with Gasteiger partial charge in [-0.2, -0.15) is 0 Å². The molecule has 0 spiro atoms. The Bertz CT molecular complexity index is 587. The van der Waals surface area contributed by atoms with E-state index in [1.807, 2.05) is 0 Å². The maximum atomic E-state index is 5.49.